The van der Waals surface area contributed by atoms with Crippen molar-refractivity contribution >= 4 is 11.6 Å². The van der Waals surface area contributed by atoms with Crippen LogP contribution in [0.15, 0.2) is 24.8 Å². The Morgan fingerprint density at radius 1 is 1.24 bits per heavy atom. The maximum Gasteiger partial charge on any atom is 0.236 e. The van der Waals surface area contributed by atoms with Crippen molar-refractivity contribution in [2.24, 2.45) is 5.92 Å². The molecule has 0 N–H and O–H groups in total. The molecule has 1 amide bonds. The highest BCUT2D eigenvalue weighted by Crippen LogP contribution is 2.15. The summed E-state index contributed by atoms with van der Waals surface area (Å²) in [7, 11) is 0. The number of rotatable bonds is 4. The molecule has 2 aromatic rings. The lowest BCUT2D eigenvalue weighted by molar-refractivity contribution is -0.132. The van der Waals surface area contributed by atoms with Crippen molar-refractivity contribution in [3.05, 3.63) is 30.5 Å². The molecule has 25 heavy (non-hydrogen) atoms. The summed E-state index contributed by atoms with van der Waals surface area (Å²) in [6, 6.07) is 0. The van der Waals surface area contributed by atoms with Crippen molar-refractivity contribution in [3.63, 3.8) is 0 Å². The smallest absolute Gasteiger partial charge is 0.236 e. The van der Waals surface area contributed by atoms with Gasteiger partial charge in [0.25, 0.3) is 0 Å². The summed E-state index contributed by atoms with van der Waals surface area (Å²) in [6.45, 7) is 5.38. The molecule has 2 aliphatic rings. The minimum atomic E-state index is 0.232. The first-order valence-corrected chi connectivity index (χ1v) is 9.13. The van der Waals surface area contributed by atoms with E-state index in [9.17, 15) is 4.79 Å². The van der Waals surface area contributed by atoms with Crippen LogP contribution in [0.25, 0.3) is 5.65 Å². The molecule has 2 aliphatic heterocycles. The van der Waals surface area contributed by atoms with Crippen molar-refractivity contribution in [1.82, 2.24) is 24.2 Å². The van der Waals surface area contributed by atoms with E-state index in [1.165, 1.54) is 12.8 Å². The third kappa shape index (κ3) is 3.99. The van der Waals surface area contributed by atoms with Gasteiger partial charge in [-0.05, 0) is 32.4 Å². The van der Waals surface area contributed by atoms with Gasteiger partial charge in [-0.15, -0.1) is 0 Å². The molecule has 0 saturated carbocycles. The van der Waals surface area contributed by atoms with Gasteiger partial charge in [0.2, 0.25) is 5.91 Å². The van der Waals surface area contributed by atoms with Gasteiger partial charge in [0, 0.05) is 37.6 Å². The monoisotopic (exact) mass is 343 g/mol. The largest absolute Gasteiger partial charge is 0.379 e. The highest BCUT2D eigenvalue weighted by molar-refractivity contribution is 5.78. The first kappa shape index (κ1) is 16.5. The van der Waals surface area contributed by atoms with Gasteiger partial charge in [-0.3, -0.25) is 14.7 Å². The van der Waals surface area contributed by atoms with Crippen LogP contribution in [0, 0.1) is 5.92 Å². The molecule has 4 heterocycles. The second-order valence-corrected chi connectivity index (χ2v) is 7.04. The number of amides is 1. The summed E-state index contributed by atoms with van der Waals surface area (Å²) < 4.78 is 7.73. The van der Waals surface area contributed by atoms with E-state index in [0.717, 1.165) is 37.4 Å². The fourth-order valence-electron chi connectivity index (χ4n) is 3.73. The summed E-state index contributed by atoms with van der Waals surface area (Å²) in [5.41, 5.74) is 1.86. The minimum absolute atomic E-state index is 0.232. The number of hydrogen-bond donors (Lipinski definition) is 0. The van der Waals surface area contributed by atoms with Crippen molar-refractivity contribution in [1.29, 1.82) is 0 Å². The maximum absolute atomic E-state index is 12.6. The van der Waals surface area contributed by atoms with Crippen molar-refractivity contribution in [2.45, 2.75) is 19.3 Å². The van der Waals surface area contributed by atoms with Gasteiger partial charge in [-0.1, -0.05) is 0 Å². The Labute approximate surface area is 147 Å². The second kappa shape index (κ2) is 7.49. The average Bonchev–Trinajstić information content (AvgIpc) is 3.23. The molecule has 2 aromatic heterocycles. The number of likely N-dealkylation sites (tertiary alicyclic amines) is 1. The normalized spacial score (nSPS) is 22.4. The first-order chi connectivity index (χ1) is 12.3. The maximum atomic E-state index is 12.6. The van der Waals surface area contributed by atoms with E-state index in [1.54, 1.807) is 12.4 Å². The summed E-state index contributed by atoms with van der Waals surface area (Å²) in [6.07, 6.45) is 10.7. The van der Waals surface area contributed by atoms with Crippen LogP contribution in [0.1, 0.15) is 18.5 Å². The van der Waals surface area contributed by atoms with Crippen LogP contribution in [0.2, 0.25) is 0 Å². The van der Waals surface area contributed by atoms with Crippen molar-refractivity contribution in [3.8, 4) is 0 Å². The SMILES string of the molecule is O=C(CN1CCCC1)N1CCOC[C@@H](Cc2cn3ccnc3cn2)C1. The molecule has 2 saturated heterocycles. The van der Waals surface area contributed by atoms with Gasteiger partial charge in [0.15, 0.2) is 5.65 Å². The zero-order chi connectivity index (χ0) is 17.1. The molecule has 0 aromatic carbocycles. The lowest BCUT2D eigenvalue weighted by Crippen LogP contribution is -2.42. The molecule has 1 atom stereocenters. The molecular formula is C18H25N5O2. The summed E-state index contributed by atoms with van der Waals surface area (Å²) in [4.78, 5) is 25.6. The van der Waals surface area contributed by atoms with E-state index in [4.69, 9.17) is 4.74 Å². The molecule has 0 spiro atoms. The van der Waals surface area contributed by atoms with Crippen LogP contribution in [-0.4, -0.2) is 76.0 Å². The summed E-state index contributed by atoms with van der Waals surface area (Å²) in [5.74, 6) is 0.508. The third-order valence-corrected chi connectivity index (χ3v) is 5.08. The number of ether oxygens (including phenoxy) is 1. The van der Waals surface area contributed by atoms with Gasteiger partial charge in [-0.25, -0.2) is 4.98 Å². The predicted octanol–water partition coefficient (Wildman–Crippen LogP) is 0.843. The van der Waals surface area contributed by atoms with Crippen molar-refractivity contribution in [2.75, 3.05) is 45.9 Å². The molecule has 134 valence electrons. The molecule has 4 rings (SSSR count). The Hall–Kier alpha value is -1.99. The number of fused-ring (bicyclic) bond motifs is 1. The van der Waals surface area contributed by atoms with E-state index < -0.39 is 0 Å². The molecular weight excluding hydrogens is 318 g/mol. The summed E-state index contributed by atoms with van der Waals surface area (Å²) in [5, 5.41) is 0. The van der Waals surface area contributed by atoms with Gasteiger partial charge in [0.1, 0.15) is 0 Å². The van der Waals surface area contributed by atoms with Gasteiger partial charge in [-0.2, -0.15) is 0 Å². The number of carbonyl (C=O) groups is 1. The topological polar surface area (TPSA) is 63.0 Å². The van der Waals surface area contributed by atoms with E-state index in [2.05, 4.69) is 14.9 Å². The molecule has 0 aliphatic carbocycles. The quantitative estimate of drug-likeness (QED) is 0.823. The standard InChI is InChI=1S/C18H25N5O2/c24-18(13-21-4-1-2-5-21)23-7-8-25-14-15(11-23)9-16-12-22-6-3-19-17(22)10-20-16/h3,6,10,12,15H,1-2,4-5,7-9,11,13-14H2/t15-/m0/s1. The zero-order valence-corrected chi connectivity index (χ0v) is 14.5. The Balaban J connectivity index is 1.39. The first-order valence-electron chi connectivity index (χ1n) is 9.13. The van der Waals surface area contributed by atoms with E-state index in [-0.39, 0.29) is 11.8 Å². The Bertz CT molecular complexity index is 725. The predicted molar refractivity (Wildman–Crippen MR) is 93.3 cm³/mol. The van der Waals surface area contributed by atoms with Crippen LogP contribution in [0.5, 0.6) is 0 Å². The average molecular weight is 343 g/mol. The number of imidazole rings is 1. The van der Waals surface area contributed by atoms with E-state index in [1.807, 2.05) is 21.7 Å². The fraction of sp³-hybridized carbons (Fsp3) is 0.611. The lowest BCUT2D eigenvalue weighted by Gasteiger charge is -2.25. The molecule has 0 unspecified atom stereocenters. The fourth-order valence-corrected chi connectivity index (χ4v) is 3.73. The van der Waals surface area contributed by atoms with Crippen LogP contribution < -0.4 is 0 Å². The van der Waals surface area contributed by atoms with E-state index in [0.29, 0.717) is 26.3 Å². The highest BCUT2D eigenvalue weighted by atomic mass is 16.5. The number of nitrogens with zero attached hydrogens (tertiary/aromatic N) is 5. The Morgan fingerprint density at radius 2 is 2.12 bits per heavy atom. The second-order valence-electron chi connectivity index (χ2n) is 7.04. The Morgan fingerprint density at radius 3 is 3.00 bits per heavy atom. The van der Waals surface area contributed by atoms with Crippen LogP contribution in [-0.2, 0) is 16.0 Å². The summed E-state index contributed by atoms with van der Waals surface area (Å²) >= 11 is 0. The molecule has 0 radical (unpaired) electrons. The number of carbonyl (C=O) groups excluding carboxylic acids is 1. The molecule has 7 nitrogen and oxygen atoms in total. The van der Waals surface area contributed by atoms with Gasteiger partial charge >= 0.3 is 0 Å². The number of aromatic nitrogens is 3. The third-order valence-electron chi connectivity index (χ3n) is 5.08. The van der Waals surface area contributed by atoms with Crippen molar-refractivity contribution < 1.29 is 9.53 Å². The van der Waals surface area contributed by atoms with Crippen LogP contribution in [0.3, 0.4) is 0 Å². The van der Waals surface area contributed by atoms with Gasteiger partial charge < -0.3 is 14.0 Å². The minimum Gasteiger partial charge on any atom is -0.379 e. The van der Waals surface area contributed by atoms with Crippen LogP contribution in [0.4, 0.5) is 0 Å². The lowest BCUT2D eigenvalue weighted by atomic mass is 10.0. The van der Waals surface area contributed by atoms with E-state index >= 15 is 0 Å². The number of hydrogen-bond acceptors (Lipinski definition) is 5. The zero-order valence-electron chi connectivity index (χ0n) is 14.5. The Kier molecular flexibility index (Phi) is 4.94. The highest BCUT2D eigenvalue weighted by Gasteiger charge is 2.25. The molecule has 0 bridgehead atoms. The molecule has 7 heteroatoms. The molecule has 2 fully saturated rings. The van der Waals surface area contributed by atoms with Crippen LogP contribution >= 0.6 is 0 Å². The van der Waals surface area contributed by atoms with Gasteiger partial charge in [0.05, 0.1) is 31.6 Å².